The number of nitrogens with zero attached hydrogens (tertiary/aromatic N) is 1. The number of primary amides is 1. The van der Waals surface area contributed by atoms with Gasteiger partial charge in [-0.2, -0.15) is 0 Å². The molecule has 6 heteroatoms. The molecule has 0 aromatic heterocycles. The Labute approximate surface area is 175 Å². The molecule has 3 aromatic carbocycles. The van der Waals surface area contributed by atoms with E-state index in [-0.39, 0.29) is 5.91 Å². The molecule has 3 N–H and O–H groups in total. The SMILES string of the molecule is NC(=O)c1cccc(-c2cccc(C(=O)N3CCOCC3)c2)c1Nc1ccccc1. The average molecular weight is 401 g/mol. The molecule has 0 aliphatic carbocycles. The summed E-state index contributed by atoms with van der Waals surface area (Å²) in [6.07, 6.45) is 0. The fourth-order valence-electron chi connectivity index (χ4n) is 3.57. The van der Waals surface area contributed by atoms with Gasteiger partial charge in [0.05, 0.1) is 24.5 Å². The zero-order valence-electron chi connectivity index (χ0n) is 16.5. The number of para-hydroxylation sites is 2. The van der Waals surface area contributed by atoms with Crippen molar-refractivity contribution in [3.05, 3.63) is 83.9 Å². The number of hydrogen-bond acceptors (Lipinski definition) is 4. The van der Waals surface area contributed by atoms with Gasteiger partial charge in [0.2, 0.25) is 0 Å². The fraction of sp³-hybridized carbons (Fsp3) is 0.167. The van der Waals surface area contributed by atoms with E-state index in [1.807, 2.05) is 60.7 Å². The van der Waals surface area contributed by atoms with Crippen LogP contribution in [0.1, 0.15) is 20.7 Å². The predicted octanol–water partition coefficient (Wildman–Crippen LogP) is 3.67. The third-order valence-corrected chi connectivity index (χ3v) is 5.09. The second-order valence-electron chi connectivity index (χ2n) is 7.07. The number of nitrogens with one attached hydrogen (secondary N) is 1. The molecule has 0 unspecified atom stereocenters. The van der Waals surface area contributed by atoms with Crippen molar-refractivity contribution in [3.8, 4) is 11.1 Å². The van der Waals surface area contributed by atoms with Gasteiger partial charge in [-0.3, -0.25) is 9.59 Å². The van der Waals surface area contributed by atoms with Crippen LogP contribution >= 0.6 is 0 Å². The summed E-state index contributed by atoms with van der Waals surface area (Å²) in [5, 5.41) is 3.32. The minimum absolute atomic E-state index is 0.0243. The number of benzene rings is 3. The fourth-order valence-corrected chi connectivity index (χ4v) is 3.57. The van der Waals surface area contributed by atoms with Crippen molar-refractivity contribution >= 4 is 23.2 Å². The van der Waals surface area contributed by atoms with Crippen molar-refractivity contribution in [2.75, 3.05) is 31.6 Å². The standard InChI is InChI=1S/C24H23N3O3/c25-23(28)21-11-5-10-20(22(21)26-19-8-2-1-3-9-19)17-6-4-7-18(16-17)24(29)27-12-14-30-15-13-27/h1-11,16,26H,12-15H2,(H2,25,28). The first kappa shape index (κ1) is 19.7. The largest absolute Gasteiger partial charge is 0.378 e. The summed E-state index contributed by atoms with van der Waals surface area (Å²) in [6.45, 7) is 2.27. The molecular formula is C24H23N3O3. The predicted molar refractivity (Wildman–Crippen MR) is 117 cm³/mol. The van der Waals surface area contributed by atoms with Gasteiger partial charge in [-0.15, -0.1) is 0 Å². The van der Waals surface area contributed by atoms with E-state index >= 15 is 0 Å². The van der Waals surface area contributed by atoms with E-state index in [0.29, 0.717) is 43.1 Å². The summed E-state index contributed by atoms with van der Waals surface area (Å²) in [6, 6.07) is 22.4. The van der Waals surface area contributed by atoms with Crippen molar-refractivity contribution in [1.82, 2.24) is 4.90 Å². The van der Waals surface area contributed by atoms with Crippen molar-refractivity contribution in [3.63, 3.8) is 0 Å². The van der Waals surface area contributed by atoms with E-state index in [0.717, 1.165) is 16.8 Å². The first-order valence-electron chi connectivity index (χ1n) is 9.86. The number of carbonyl (C=O) groups is 2. The third-order valence-electron chi connectivity index (χ3n) is 5.09. The molecule has 0 atom stereocenters. The topological polar surface area (TPSA) is 84.7 Å². The van der Waals surface area contributed by atoms with Gasteiger partial charge < -0.3 is 20.7 Å². The van der Waals surface area contributed by atoms with Crippen LogP contribution in [0.2, 0.25) is 0 Å². The van der Waals surface area contributed by atoms with Crippen LogP contribution in [0.5, 0.6) is 0 Å². The van der Waals surface area contributed by atoms with E-state index in [9.17, 15) is 9.59 Å². The van der Waals surface area contributed by atoms with Crippen LogP contribution in [-0.4, -0.2) is 43.0 Å². The first-order chi connectivity index (χ1) is 14.6. The summed E-state index contributed by atoms with van der Waals surface area (Å²) < 4.78 is 5.34. The Morgan fingerprint density at radius 2 is 1.63 bits per heavy atom. The van der Waals surface area contributed by atoms with Crippen LogP contribution < -0.4 is 11.1 Å². The van der Waals surface area contributed by atoms with Crippen molar-refractivity contribution < 1.29 is 14.3 Å². The van der Waals surface area contributed by atoms with Crippen LogP contribution in [0, 0.1) is 0 Å². The van der Waals surface area contributed by atoms with E-state index in [1.54, 1.807) is 17.0 Å². The lowest BCUT2D eigenvalue weighted by Crippen LogP contribution is -2.40. The summed E-state index contributed by atoms with van der Waals surface area (Å²) >= 11 is 0. The number of ether oxygens (including phenoxy) is 1. The lowest BCUT2D eigenvalue weighted by Gasteiger charge is -2.27. The highest BCUT2D eigenvalue weighted by Crippen LogP contribution is 2.34. The molecule has 6 nitrogen and oxygen atoms in total. The number of morpholine rings is 1. The molecule has 3 aromatic rings. The van der Waals surface area contributed by atoms with Crippen LogP contribution in [0.4, 0.5) is 11.4 Å². The van der Waals surface area contributed by atoms with E-state index in [1.165, 1.54) is 0 Å². The summed E-state index contributed by atoms with van der Waals surface area (Å²) in [5.74, 6) is -0.542. The summed E-state index contributed by atoms with van der Waals surface area (Å²) in [7, 11) is 0. The Balaban J connectivity index is 1.74. The maximum Gasteiger partial charge on any atom is 0.254 e. The van der Waals surface area contributed by atoms with Gasteiger partial charge in [0.15, 0.2) is 0 Å². The molecular weight excluding hydrogens is 378 g/mol. The molecule has 0 saturated carbocycles. The van der Waals surface area contributed by atoms with Crippen LogP contribution in [0.3, 0.4) is 0 Å². The monoisotopic (exact) mass is 401 g/mol. The highest BCUT2D eigenvalue weighted by molar-refractivity contribution is 6.04. The summed E-state index contributed by atoms with van der Waals surface area (Å²) in [4.78, 5) is 26.8. The molecule has 1 fully saturated rings. The van der Waals surface area contributed by atoms with E-state index in [4.69, 9.17) is 10.5 Å². The van der Waals surface area contributed by atoms with Crippen molar-refractivity contribution in [2.45, 2.75) is 0 Å². The molecule has 0 bridgehead atoms. The number of nitrogens with two attached hydrogens (primary N) is 1. The van der Waals surface area contributed by atoms with Crippen molar-refractivity contribution in [2.24, 2.45) is 5.73 Å². The Bertz CT molecular complexity index is 1060. The van der Waals surface area contributed by atoms with Crippen LogP contribution in [-0.2, 0) is 4.74 Å². The van der Waals surface area contributed by atoms with Gasteiger partial charge in [-0.1, -0.05) is 42.5 Å². The summed E-state index contributed by atoms with van der Waals surface area (Å²) in [5.41, 5.74) is 9.72. The van der Waals surface area contributed by atoms with E-state index in [2.05, 4.69) is 5.32 Å². The number of amides is 2. The molecule has 2 amide bonds. The molecule has 152 valence electrons. The van der Waals surface area contributed by atoms with Gasteiger partial charge in [0, 0.05) is 29.9 Å². The lowest BCUT2D eigenvalue weighted by molar-refractivity contribution is 0.0303. The highest BCUT2D eigenvalue weighted by atomic mass is 16.5. The third kappa shape index (κ3) is 4.18. The zero-order valence-corrected chi connectivity index (χ0v) is 16.5. The molecule has 0 spiro atoms. The molecule has 1 heterocycles. The van der Waals surface area contributed by atoms with Gasteiger partial charge in [-0.05, 0) is 35.9 Å². The maximum absolute atomic E-state index is 12.9. The van der Waals surface area contributed by atoms with Crippen molar-refractivity contribution in [1.29, 1.82) is 0 Å². The quantitative estimate of drug-likeness (QED) is 0.683. The molecule has 1 aliphatic heterocycles. The zero-order chi connectivity index (χ0) is 20.9. The molecule has 1 aliphatic rings. The molecule has 30 heavy (non-hydrogen) atoms. The second kappa shape index (κ2) is 8.80. The van der Waals surface area contributed by atoms with Crippen LogP contribution in [0.15, 0.2) is 72.8 Å². The maximum atomic E-state index is 12.9. The smallest absolute Gasteiger partial charge is 0.254 e. The number of carbonyl (C=O) groups excluding carboxylic acids is 2. The number of rotatable bonds is 5. The number of hydrogen-bond donors (Lipinski definition) is 2. The van der Waals surface area contributed by atoms with Gasteiger partial charge >= 0.3 is 0 Å². The number of anilines is 2. The average Bonchev–Trinajstić information content (AvgIpc) is 2.80. The van der Waals surface area contributed by atoms with Gasteiger partial charge in [0.1, 0.15) is 0 Å². The first-order valence-corrected chi connectivity index (χ1v) is 9.86. The van der Waals surface area contributed by atoms with Gasteiger partial charge in [-0.25, -0.2) is 0 Å². The lowest BCUT2D eigenvalue weighted by atomic mass is 9.97. The second-order valence-corrected chi connectivity index (χ2v) is 7.07. The Morgan fingerprint density at radius 3 is 2.37 bits per heavy atom. The van der Waals surface area contributed by atoms with E-state index < -0.39 is 5.91 Å². The van der Waals surface area contributed by atoms with Crippen LogP contribution in [0.25, 0.3) is 11.1 Å². The highest BCUT2D eigenvalue weighted by Gasteiger charge is 2.20. The minimum Gasteiger partial charge on any atom is -0.378 e. The normalized spacial score (nSPS) is 13.7. The molecule has 4 rings (SSSR count). The molecule has 1 saturated heterocycles. The Kier molecular flexibility index (Phi) is 5.77. The Hall–Kier alpha value is -3.64. The van der Waals surface area contributed by atoms with Gasteiger partial charge in [0.25, 0.3) is 11.8 Å². The minimum atomic E-state index is -0.518. The Morgan fingerprint density at radius 1 is 0.900 bits per heavy atom. The molecule has 0 radical (unpaired) electrons.